The van der Waals surface area contributed by atoms with E-state index < -0.39 is 0 Å². The number of hydrogen-bond acceptors (Lipinski definition) is 5. The average Bonchev–Trinajstić information content (AvgIpc) is 3.20. The second kappa shape index (κ2) is 6.44. The van der Waals surface area contributed by atoms with Gasteiger partial charge in [-0.3, -0.25) is 4.79 Å². The highest BCUT2D eigenvalue weighted by Crippen LogP contribution is 2.32. The van der Waals surface area contributed by atoms with Gasteiger partial charge in [0.25, 0.3) is 5.91 Å². The molecule has 0 unspecified atom stereocenters. The minimum absolute atomic E-state index is 0.203. The number of allylic oxidation sites excluding steroid dienone is 1. The van der Waals surface area contributed by atoms with Gasteiger partial charge in [0.2, 0.25) is 6.79 Å². The first kappa shape index (κ1) is 14.3. The van der Waals surface area contributed by atoms with E-state index in [2.05, 4.69) is 10.5 Å². The number of hydrazone groups is 1. The number of rotatable bonds is 4. The van der Waals surface area contributed by atoms with Crippen LogP contribution >= 0.6 is 11.3 Å². The van der Waals surface area contributed by atoms with Crippen molar-refractivity contribution in [3.63, 3.8) is 0 Å². The van der Waals surface area contributed by atoms with Crippen molar-refractivity contribution in [2.24, 2.45) is 5.10 Å². The van der Waals surface area contributed by atoms with Gasteiger partial charge in [-0.2, -0.15) is 5.10 Å². The molecule has 112 valence electrons. The zero-order valence-electron chi connectivity index (χ0n) is 11.9. The summed E-state index contributed by atoms with van der Waals surface area (Å²) >= 11 is 1.38. The Labute approximate surface area is 131 Å². The monoisotopic (exact) mass is 314 g/mol. The normalized spacial score (nSPS) is 13.6. The van der Waals surface area contributed by atoms with Gasteiger partial charge in [0.15, 0.2) is 11.5 Å². The maximum atomic E-state index is 11.8. The number of nitrogens with one attached hydrogen (secondary N) is 1. The maximum Gasteiger partial charge on any atom is 0.281 e. The SMILES string of the molecule is CC(/C=C/c1ccc2c(c1)OCO2)=N\NC(=O)c1cccs1. The number of fused-ring (bicyclic) bond motifs is 1. The number of nitrogens with zero attached hydrogens (tertiary/aromatic N) is 1. The Morgan fingerprint density at radius 3 is 3.00 bits per heavy atom. The Morgan fingerprint density at radius 2 is 2.18 bits per heavy atom. The largest absolute Gasteiger partial charge is 0.454 e. The number of carbonyl (C=O) groups is 1. The Balaban J connectivity index is 1.62. The van der Waals surface area contributed by atoms with E-state index in [9.17, 15) is 4.79 Å². The molecule has 6 heteroatoms. The van der Waals surface area contributed by atoms with Crippen molar-refractivity contribution in [3.8, 4) is 11.5 Å². The van der Waals surface area contributed by atoms with E-state index in [1.807, 2.05) is 48.7 Å². The second-order valence-electron chi connectivity index (χ2n) is 4.62. The van der Waals surface area contributed by atoms with Gasteiger partial charge in [0, 0.05) is 0 Å². The number of amides is 1. The third-order valence-corrected chi connectivity index (χ3v) is 3.86. The van der Waals surface area contributed by atoms with Crippen LogP contribution in [-0.4, -0.2) is 18.4 Å². The van der Waals surface area contributed by atoms with E-state index in [1.54, 1.807) is 6.07 Å². The molecule has 3 rings (SSSR count). The standard InChI is InChI=1S/C16H14N2O3S/c1-11(17-18-16(19)15-3-2-8-22-15)4-5-12-6-7-13-14(9-12)21-10-20-13/h2-9H,10H2,1H3,(H,18,19)/b5-4+,17-11+. The summed E-state index contributed by atoms with van der Waals surface area (Å²) in [6.07, 6.45) is 3.73. The minimum atomic E-state index is -0.203. The van der Waals surface area contributed by atoms with Crippen molar-refractivity contribution in [3.05, 3.63) is 52.2 Å². The third kappa shape index (κ3) is 3.35. The molecule has 0 saturated heterocycles. The Morgan fingerprint density at radius 1 is 1.32 bits per heavy atom. The van der Waals surface area contributed by atoms with Gasteiger partial charge in [0.05, 0.1) is 10.6 Å². The molecule has 5 nitrogen and oxygen atoms in total. The molecule has 0 atom stereocenters. The molecule has 2 heterocycles. The molecule has 0 spiro atoms. The highest BCUT2D eigenvalue weighted by molar-refractivity contribution is 7.12. The average molecular weight is 314 g/mol. The quantitative estimate of drug-likeness (QED) is 0.696. The van der Waals surface area contributed by atoms with Crippen molar-refractivity contribution < 1.29 is 14.3 Å². The fraction of sp³-hybridized carbons (Fsp3) is 0.125. The number of thiophene rings is 1. The van der Waals surface area contributed by atoms with Crippen LogP contribution in [0.15, 0.2) is 46.9 Å². The van der Waals surface area contributed by atoms with Crippen LogP contribution in [0.5, 0.6) is 11.5 Å². The van der Waals surface area contributed by atoms with Gasteiger partial charge in [-0.15, -0.1) is 11.3 Å². The van der Waals surface area contributed by atoms with Gasteiger partial charge in [-0.05, 0) is 42.1 Å². The van der Waals surface area contributed by atoms with E-state index in [0.717, 1.165) is 17.1 Å². The summed E-state index contributed by atoms with van der Waals surface area (Å²) < 4.78 is 10.6. The molecule has 0 radical (unpaired) electrons. The van der Waals surface area contributed by atoms with Crippen molar-refractivity contribution in [1.29, 1.82) is 0 Å². The van der Waals surface area contributed by atoms with Gasteiger partial charge in [-0.1, -0.05) is 18.2 Å². The number of hydrogen-bond donors (Lipinski definition) is 1. The third-order valence-electron chi connectivity index (χ3n) is 2.99. The first-order valence-electron chi connectivity index (χ1n) is 6.68. The molecule has 1 aromatic carbocycles. The molecule has 22 heavy (non-hydrogen) atoms. The van der Waals surface area contributed by atoms with Crippen LogP contribution in [-0.2, 0) is 0 Å². The summed E-state index contributed by atoms with van der Waals surface area (Å²) in [4.78, 5) is 12.4. The number of benzene rings is 1. The Bertz CT molecular complexity index is 736. The molecule has 1 aliphatic rings. The van der Waals surface area contributed by atoms with Crippen LogP contribution in [0.2, 0.25) is 0 Å². The lowest BCUT2D eigenvalue weighted by Crippen LogP contribution is -2.17. The molecule has 1 aromatic heterocycles. The van der Waals surface area contributed by atoms with Gasteiger partial charge < -0.3 is 9.47 Å². The van der Waals surface area contributed by atoms with Crippen molar-refractivity contribution >= 4 is 29.0 Å². The summed E-state index contributed by atoms with van der Waals surface area (Å²) in [7, 11) is 0. The first-order chi connectivity index (χ1) is 10.7. The van der Waals surface area contributed by atoms with Crippen molar-refractivity contribution in [2.75, 3.05) is 6.79 Å². The molecular weight excluding hydrogens is 300 g/mol. The van der Waals surface area contributed by atoms with Crippen LogP contribution < -0.4 is 14.9 Å². The molecule has 1 amide bonds. The Kier molecular flexibility index (Phi) is 4.20. The predicted octanol–water partition coefficient (Wildman–Crippen LogP) is 3.30. The van der Waals surface area contributed by atoms with E-state index in [1.165, 1.54) is 11.3 Å². The lowest BCUT2D eigenvalue weighted by molar-refractivity contribution is 0.0959. The summed E-state index contributed by atoms with van der Waals surface area (Å²) in [5.74, 6) is 1.29. The minimum Gasteiger partial charge on any atom is -0.454 e. The van der Waals surface area contributed by atoms with Crippen LogP contribution in [0.25, 0.3) is 6.08 Å². The van der Waals surface area contributed by atoms with Gasteiger partial charge in [0.1, 0.15) is 0 Å². The van der Waals surface area contributed by atoms with Crippen LogP contribution in [0.3, 0.4) is 0 Å². The lowest BCUT2D eigenvalue weighted by Gasteiger charge is -1.99. The van der Waals surface area contributed by atoms with Crippen molar-refractivity contribution in [2.45, 2.75) is 6.92 Å². The van der Waals surface area contributed by atoms with Crippen LogP contribution in [0.4, 0.5) is 0 Å². The summed E-state index contributed by atoms with van der Waals surface area (Å²) in [6.45, 7) is 2.08. The van der Waals surface area contributed by atoms with E-state index in [4.69, 9.17) is 9.47 Å². The summed E-state index contributed by atoms with van der Waals surface area (Å²) in [5, 5.41) is 5.90. The zero-order valence-corrected chi connectivity index (χ0v) is 12.7. The lowest BCUT2D eigenvalue weighted by atomic mass is 10.2. The molecule has 1 aliphatic heterocycles. The zero-order chi connectivity index (χ0) is 15.4. The van der Waals surface area contributed by atoms with Crippen LogP contribution in [0, 0.1) is 0 Å². The smallest absolute Gasteiger partial charge is 0.281 e. The number of carbonyl (C=O) groups excluding carboxylic acids is 1. The fourth-order valence-corrected chi connectivity index (χ4v) is 2.49. The highest BCUT2D eigenvalue weighted by Gasteiger charge is 2.12. The number of ether oxygens (including phenoxy) is 2. The molecular formula is C16H14N2O3S. The predicted molar refractivity (Wildman–Crippen MR) is 86.5 cm³/mol. The maximum absolute atomic E-state index is 11.8. The fourth-order valence-electron chi connectivity index (χ4n) is 1.87. The van der Waals surface area contributed by atoms with Crippen molar-refractivity contribution in [1.82, 2.24) is 5.43 Å². The van der Waals surface area contributed by atoms with E-state index in [-0.39, 0.29) is 12.7 Å². The van der Waals surface area contributed by atoms with Crippen LogP contribution in [0.1, 0.15) is 22.2 Å². The molecule has 0 bridgehead atoms. The molecule has 0 fully saturated rings. The topological polar surface area (TPSA) is 59.9 Å². The highest BCUT2D eigenvalue weighted by atomic mass is 32.1. The van der Waals surface area contributed by atoms with E-state index in [0.29, 0.717) is 10.6 Å². The molecule has 0 aliphatic carbocycles. The van der Waals surface area contributed by atoms with Gasteiger partial charge >= 0.3 is 0 Å². The van der Waals surface area contributed by atoms with E-state index >= 15 is 0 Å². The van der Waals surface area contributed by atoms with Gasteiger partial charge in [-0.25, -0.2) is 5.43 Å². The summed E-state index contributed by atoms with van der Waals surface area (Å²) in [5.41, 5.74) is 4.20. The first-order valence-corrected chi connectivity index (χ1v) is 7.56. The Hall–Kier alpha value is -2.60. The second-order valence-corrected chi connectivity index (χ2v) is 5.57. The molecule has 0 saturated carbocycles. The molecule has 1 N–H and O–H groups in total. The molecule has 2 aromatic rings. The summed E-state index contributed by atoms with van der Waals surface area (Å²) in [6, 6.07) is 9.29.